The number of carbonyl (C=O) groups excluding carboxylic acids is 1. The Hall–Kier alpha value is -0.740. The number of ether oxygens (including phenoxy) is 1. The number of halogens is 2. The van der Waals surface area contributed by atoms with Gasteiger partial charge in [-0.3, -0.25) is 4.79 Å². The zero-order valence-corrected chi connectivity index (χ0v) is 13.5. The SMILES string of the molecule is COC1(C(=O)Cc2cc(F)cc(Br)c2)CCC(C)CC1. The van der Waals surface area contributed by atoms with E-state index in [1.807, 2.05) is 0 Å². The van der Waals surface area contributed by atoms with E-state index in [0.717, 1.165) is 25.7 Å². The molecular weight excluding hydrogens is 323 g/mol. The van der Waals surface area contributed by atoms with Crippen LogP contribution in [0.2, 0.25) is 0 Å². The Morgan fingerprint density at radius 1 is 1.40 bits per heavy atom. The molecule has 0 saturated heterocycles. The molecule has 0 radical (unpaired) electrons. The predicted molar refractivity (Wildman–Crippen MR) is 80.2 cm³/mol. The molecule has 1 aliphatic rings. The summed E-state index contributed by atoms with van der Waals surface area (Å²) in [6, 6.07) is 4.59. The minimum Gasteiger partial charge on any atom is -0.370 e. The van der Waals surface area contributed by atoms with Crippen molar-refractivity contribution in [1.82, 2.24) is 0 Å². The maximum absolute atomic E-state index is 13.4. The van der Waals surface area contributed by atoms with Crippen LogP contribution in [0.1, 0.15) is 38.2 Å². The number of Topliss-reactive ketones (excluding diaryl/α,β-unsaturated/α-hetero) is 1. The molecule has 0 bridgehead atoms. The first-order valence-corrected chi connectivity index (χ1v) is 7.78. The van der Waals surface area contributed by atoms with Crippen molar-refractivity contribution >= 4 is 21.7 Å². The lowest BCUT2D eigenvalue weighted by Gasteiger charge is -2.37. The van der Waals surface area contributed by atoms with Crippen molar-refractivity contribution in [2.45, 2.75) is 44.6 Å². The zero-order chi connectivity index (χ0) is 14.8. The Morgan fingerprint density at radius 3 is 2.60 bits per heavy atom. The summed E-state index contributed by atoms with van der Waals surface area (Å²) in [6.07, 6.45) is 3.76. The van der Waals surface area contributed by atoms with Crippen molar-refractivity contribution < 1.29 is 13.9 Å². The van der Waals surface area contributed by atoms with Gasteiger partial charge in [-0.25, -0.2) is 4.39 Å². The standard InChI is InChI=1S/C16H20BrFO2/c1-11-3-5-16(20-2,6-4-11)15(19)9-12-7-13(17)10-14(18)8-12/h7-8,10-11H,3-6,9H2,1-2H3. The monoisotopic (exact) mass is 342 g/mol. The third kappa shape index (κ3) is 3.47. The maximum Gasteiger partial charge on any atom is 0.168 e. The first-order valence-electron chi connectivity index (χ1n) is 6.98. The summed E-state index contributed by atoms with van der Waals surface area (Å²) in [6.45, 7) is 2.20. The van der Waals surface area contributed by atoms with Crippen LogP contribution in [-0.2, 0) is 16.0 Å². The smallest absolute Gasteiger partial charge is 0.168 e. The van der Waals surface area contributed by atoms with Gasteiger partial charge in [0.25, 0.3) is 0 Å². The van der Waals surface area contributed by atoms with E-state index in [0.29, 0.717) is 16.0 Å². The number of carbonyl (C=O) groups is 1. The Bertz CT molecular complexity index is 473. The second-order valence-corrected chi connectivity index (χ2v) is 6.67. The summed E-state index contributed by atoms with van der Waals surface area (Å²) < 4.78 is 19.6. The average Bonchev–Trinajstić information content (AvgIpc) is 2.38. The van der Waals surface area contributed by atoms with Gasteiger partial charge in [0.1, 0.15) is 11.4 Å². The first-order chi connectivity index (χ1) is 9.45. The van der Waals surface area contributed by atoms with Gasteiger partial charge in [-0.1, -0.05) is 22.9 Å². The van der Waals surface area contributed by atoms with Gasteiger partial charge in [-0.2, -0.15) is 0 Å². The van der Waals surface area contributed by atoms with Gasteiger partial charge in [0, 0.05) is 18.0 Å². The molecule has 0 amide bonds. The average molecular weight is 343 g/mol. The molecule has 1 fully saturated rings. The molecule has 4 heteroatoms. The molecule has 0 unspecified atom stereocenters. The van der Waals surface area contributed by atoms with E-state index >= 15 is 0 Å². The molecule has 2 nitrogen and oxygen atoms in total. The van der Waals surface area contributed by atoms with E-state index in [2.05, 4.69) is 22.9 Å². The molecule has 1 aromatic carbocycles. The highest BCUT2D eigenvalue weighted by molar-refractivity contribution is 9.10. The molecule has 0 spiro atoms. The van der Waals surface area contributed by atoms with Crippen LogP contribution in [0, 0.1) is 11.7 Å². The highest BCUT2D eigenvalue weighted by Crippen LogP contribution is 2.36. The first kappa shape index (κ1) is 15.6. The van der Waals surface area contributed by atoms with Crippen molar-refractivity contribution in [2.75, 3.05) is 7.11 Å². The molecule has 0 heterocycles. The summed E-state index contributed by atoms with van der Waals surface area (Å²) in [4.78, 5) is 12.6. The van der Waals surface area contributed by atoms with Crippen molar-refractivity contribution in [2.24, 2.45) is 5.92 Å². The molecule has 0 aliphatic heterocycles. The molecular formula is C16H20BrFO2. The van der Waals surface area contributed by atoms with Gasteiger partial charge in [0.2, 0.25) is 0 Å². The Kier molecular flexibility index (Phi) is 4.97. The van der Waals surface area contributed by atoms with Crippen LogP contribution in [0.5, 0.6) is 0 Å². The zero-order valence-electron chi connectivity index (χ0n) is 11.9. The molecule has 0 N–H and O–H groups in total. The number of hydrogen-bond donors (Lipinski definition) is 0. The topological polar surface area (TPSA) is 26.3 Å². The van der Waals surface area contributed by atoms with Gasteiger partial charge >= 0.3 is 0 Å². The largest absolute Gasteiger partial charge is 0.370 e. The van der Waals surface area contributed by atoms with Crippen LogP contribution in [0.4, 0.5) is 4.39 Å². The second kappa shape index (κ2) is 6.35. The van der Waals surface area contributed by atoms with Crippen LogP contribution in [-0.4, -0.2) is 18.5 Å². The number of hydrogen-bond acceptors (Lipinski definition) is 2. The minimum atomic E-state index is -0.675. The number of methoxy groups -OCH3 is 1. The van der Waals surface area contributed by atoms with Crippen LogP contribution < -0.4 is 0 Å². The molecule has 0 atom stereocenters. The molecule has 110 valence electrons. The normalized spacial score (nSPS) is 26.5. The molecule has 2 rings (SSSR count). The van der Waals surface area contributed by atoms with Gasteiger partial charge in [0.15, 0.2) is 5.78 Å². The minimum absolute atomic E-state index is 0.0596. The summed E-state index contributed by atoms with van der Waals surface area (Å²) >= 11 is 3.25. The predicted octanol–water partition coefficient (Wildman–Crippen LogP) is 4.30. The quantitative estimate of drug-likeness (QED) is 0.815. The van der Waals surface area contributed by atoms with E-state index in [1.54, 1.807) is 13.2 Å². The van der Waals surface area contributed by atoms with Crippen LogP contribution in [0.3, 0.4) is 0 Å². The van der Waals surface area contributed by atoms with Gasteiger partial charge in [-0.15, -0.1) is 0 Å². The maximum atomic E-state index is 13.4. The number of rotatable bonds is 4. The lowest BCUT2D eigenvalue weighted by atomic mass is 9.76. The Balaban J connectivity index is 2.13. The van der Waals surface area contributed by atoms with Crippen molar-refractivity contribution in [3.8, 4) is 0 Å². The Morgan fingerprint density at radius 2 is 2.05 bits per heavy atom. The fourth-order valence-electron chi connectivity index (χ4n) is 2.88. The van der Waals surface area contributed by atoms with Crippen LogP contribution >= 0.6 is 15.9 Å². The number of benzene rings is 1. The van der Waals surface area contributed by atoms with E-state index in [1.165, 1.54) is 12.1 Å². The fourth-order valence-corrected chi connectivity index (χ4v) is 3.40. The summed E-state index contributed by atoms with van der Waals surface area (Å²) in [7, 11) is 1.61. The summed E-state index contributed by atoms with van der Waals surface area (Å²) in [5, 5.41) is 0. The Labute approximate surface area is 127 Å². The van der Waals surface area contributed by atoms with Gasteiger partial charge in [0.05, 0.1) is 0 Å². The second-order valence-electron chi connectivity index (χ2n) is 5.76. The molecule has 1 saturated carbocycles. The van der Waals surface area contributed by atoms with E-state index in [4.69, 9.17) is 4.74 Å². The lowest BCUT2D eigenvalue weighted by Crippen LogP contribution is -2.44. The van der Waals surface area contributed by atoms with E-state index < -0.39 is 5.60 Å². The van der Waals surface area contributed by atoms with E-state index in [-0.39, 0.29) is 18.0 Å². The van der Waals surface area contributed by atoms with Crippen LogP contribution in [0.15, 0.2) is 22.7 Å². The van der Waals surface area contributed by atoms with Crippen molar-refractivity contribution in [3.05, 3.63) is 34.1 Å². The summed E-state index contributed by atoms with van der Waals surface area (Å²) in [5.74, 6) is 0.379. The highest BCUT2D eigenvalue weighted by Gasteiger charge is 2.40. The summed E-state index contributed by atoms with van der Waals surface area (Å²) in [5.41, 5.74) is 0.0163. The van der Waals surface area contributed by atoms with E-state index in [9.17, 15) is 9.18 Å². The highest BCUT2D eigenvalue weighted by atomic mass is 79.9. The molecule has 0 aromatic heterocycles. The molecule has 1 aliphatic carbocycles. The van der Waals surface area contributed by atoms with Crippen molar-refractivity contribution in [3.63, 3.8) is 0 Å². The van der Waals surface area contributed by atoms with Crippen molar-refractivity contribution in [1.29, 1.82) is 0 Å². The lowest BCUT2D eigenvalue weighted by molar-refractivity contribution is -0.145. The van der Waals surface area contributed by atoms with Gasteiger partial charge < -0.3 is 4.74 Å². The fraction of sp³-hybridized carbons (Fsp3) is 0.562. The van der Waals surface area contributed by atoms with Crippen LogP contribution in [0.25, 0.3) is 0 Å². The third-order valence-corrected chi connectivity index (χ3v) is 4.73. The third-order valence-electron chi connectivity index (χ3n) is 4.27. The molecule has 20 heavy (non-hydrogen) atoms. The number of ketones is 1. The molecule has 1 aromatic rings. The van der Waals surface area contributed by atoms with Gasteiger partial charge in [-0.05, 0) is 55.4 Å².